The number of carbonyl (C=O) groups is 1. The Labute approximate surface area is 145 Å². The van der Waals surface area contributed by atoms with Crippen LogP contribution in [0.2, 0.25) is 0 Å². The highest BCUT2D eigenvalue weighted by Gasteiger charge is 2.32. The summed E-state index contributed by atoms with van der Waals surface area (Å²) in [7, 11) is 1.85. The number of rotatable bonds is 5. The highest BCUT2D eigenvalue weighted by molar-refractivity contribution is 8.00. The quantitative estimate of drug-likeness (QED) is 0.648. The van der Waals surface area contributed by atoms with Crippen molar-refractivity contribution in [2.24, 2.45) is 7.05 Å². The maximum Gasteiger partial charge on any atom is 0.230 e. The van der Waals surface area contributed by atoms with Crippen LogP contribution in [0.3, 0.4) is 0 Å². The van der Waals surface area contributed by atoms with Crippen LogP contribution in [0.5, 0.6) is 0 Å². The van der Waals surface area contributed by atoms with Crippen LogP contribution in [0, 0.1) is 0 Å². The Morgan fingerprint density at radius 3 is 2.83 bits per heavy atom. The van der Waals surface area contributed by atoms with E-state index in [-0.39, 0.29) is 5.91 Å². The molecule has 0 aromatic carbocycles. The molecular weight excluding hydrogens is 324 g/mol. The summed E-state index contributed by atoms with van der Waals surface area (Å²) in [4.78, 5) is 23.3. The number of aryl methyl sites for hydroxylation is 1. The summed E-state index contributed by atoms with van der Waals surface area (Å²) < 4.78 is 1.72. The van der Waals surface area contributed by atoms with Crippen LogP contribution in [0.15, 0.2) is 17.6 Å². The second kappa shape index (κ2) is 6.68. The highest BCUT2D eigenvalue weighted by atomic mass is 32.2. The molecule has 24 heavy (non-hydrogen) atoms. The molecule has 0 radical (unpaired) electrons. The Morgan fingerprint density at radius 1 is 1.29 bits per heavy atom. The fraction of sp³-hybridized carbons (Fsp3) is 0.625. The van der Waals surface area contributed by atoms with Crippen LogP contribution in [0.4, 0.5) is 0 Å². The van der Waals surface area contributed by atoms with Crippen molar-refractivity contribution < 1.29 is 4.79 Å². The molecule has 1 amide bonds. The van der Waals surface area contributed by atoms with Gasteiger partial charge >= 0.3 is 0 Å². The summed E-state index contributed by atoms with van der Waals surface area (Å²) in [6.07, 6.45) is 8.12. The summed E-state index contributed by atoms with van der Waals surface area (Å²) in [6.45, 7) is 2.23. The summed E-state index contributed by atoms with van der Waals surface area (Å²) in [5, 5.41) is 9.08. The number of carbonyl (C=O) groups excluding carboxylic acids is 1. The van der Waals surface area contributed by atoms with Crippen LogP contribution in [0.25, 0.3) is 11.0 Å². The third-order valence-electron chi connectivity index (χ3n) is 4.79. The number of thioether (sulfide) groups is 1. The minimum atomic E-state index is 0.0838. The molecule has 0 atom stereocenters. The molecule has 4 rings (SSSR count). The fourth-order valence-electron chi connectivity index (χ4n) is 3.31. The Morgan fingerprint density at radius 2 is 2.08 bits per heavy atom. The van der Waals surface area contributed by atoms with Gasteiger partial charge in [-0.2, -0.15) is 5.10 Å². The van der Waals surface area contributed by atoms with Crippen molar-refractivity contribution in [1.82, 2.24) is 30.0 Å². The van der Waals surface area contributed by atoms with Crippen molar-refractivity contribution in [2.75, 3.05) is 18.8 Å². The molecule has 1 aliphatic carbocycles. The number of hydrogen-bond donors (Lipinski definition) is 1. The third-order valence-corrected chi connectivity index (χ3v) is 5.80. The van der Waals surface area contributed by atoms with Gasteiger partial charge in [-0.1, -0.05) is 11.8 Å². The standard InChI is InChI=1S/C16H22N6OS/c1-21-15-13(8-19-21)16(18-10-17-15)24-9-14(23)20-11-4-6-22(7-5-11)12-2-3-12/h8,10-12H,2-7,9H2,1H3,(H,20,23). The Hall–Kier alpha value is -1.67. The number of piperidine rings is 1. The fourth-order valence-corrected chi connectivity index (χ4v) is 4.08. The molecule has 2 aromatic heterocycles. The van der Waals surface area contributed by atoms with E-state index in [9.17, 15) is 4.79 Å². The number of fused-ring (bicyclic) bond motifs is 1. The van der Waals surface area contributed by atoms with Gasteiger partial charge < -0.3 is 10.2 Å². The Bertz CT molecular complexity index is 735. The van der Waals surface area contributed by atoms with Gasteiger partial charge in [0.1, 0.15) is 11.4 Å². The van der Waals surface area contributed by atoms with Gasteiger partial charge in [0.25, 0.3) is 0 Å². The summed E-state index contributed by atoms with van der Waals surface area (Å²) in [6, 6.07) is 1.15. The maximum absolute atomic E-state index is 12.2. The lowest BCUT2D eigenvalue weighted by Crippen LogP contribution is -2.45. The smallest absolute Gasteiger partial charge is 0.230 e. The van der Waals surface area contributed by atoms with Gasteiger partial charge in [0.15, 0.2) is 5.65 Å². The molecule has 1 saturated carbocycles. The number of aromatic nitrogens is 4. The first-order valence-corrected chi connectivity index (χ1v) is 9.48. The Balaban J connectivity index is 1.28. The summed E-state index contributed by atoms with van der Waals surface area (Å²) in [5.74, 6) is 0.463. The van der Waals surface area contributed by atoms with Crippen LogP contribution in [-0.2, 0) is 11.8 Å². The molecule has 1 N–H and O–H groups in total. The van der Waals surface area contributed by atoms with E-state index in [0.29, 0.717) is 11.8 Å². The molecule has 2 aromatic rings. The lowest BCUT2D eigenvalue weighted by molar-refractivity contribution is -0.119. The normalized spacial score (nSPS) is 19.7. The first kappa shape index (κ1) is 15.8. The predicted molar refractivity (Wildman–Crippen MR) is 92.8 cm³/mol. The summed E-state index contributed by atoms with van der Waals surface area (Å²) in [5.41, 5.74) is 0.792. The van der Waals surface area contributed by atoms with Crippen LogP contribution in [0.1, 0.15) is 25.7 Å². The average Bonchev–Trinajstić information content (AvgIpc) is 3.38. The van der Waals surface area contributed by atoms with Gasteiger partial charge in [0, 0.05) is 32.2 Å². The second-order valence-corrected chi connectivity index (χ2v) is 7.55. The molecule has 1 aliphatic heterocycles. The zero-order valence-corrected chi connectivity index (χ0v) is 14.6. The van der Waals surface area contributed by atoms with Gasteiger partial charge in [0.2, 0.25) is 5.91 Å². The topological polar surface area (TPSA) is 75.9 Å². The van der Waals surface area contributed by atoms with E-state index in [1.165, 1.54) is 30.9 Å². The SMILES string of the molecule is Cn1ncc2c(SCC(=O)NC3CCN(C4CC4)CC3)ncnc21. The first-order valence-electron chi connectivity index (χ1n) is 8.49. The monoisotopic (exact) mass is 346 g/mol. The highest BCUT2D eigenvalue weighted by Crippen LogP contribution is 2.29. The predicted octanol–water partition coefficient (Wildman–Crippen LogP) is 1.20. The maximum atomic E-state index is 12.2. The van der Waals surface area contributed by atoms with Crippen LogP contribution in [-0.4, -0.2) is 61.5 Å². The van der Waals surface area contributed by atoms with Gasteiger partial charge in [0.05, 0.1) is 17.3 Å². The average molecular weight is 346 g/mol. The van der Waals surface area contributed by atoms with E-state index in [4.69, 9.17) is 0 Å². The van der Waals surface area contributed by atoms with Gasteiger partial charge in [-0.05, 0) is 25.7 Å². The number of nitrogens with zero attached hydrogens (tertiary/aromatic N) is 5. The molecule has 3 heterocycles. The van der Waals surface area contributed by atoms with Crippen molar-refractivity contribution in [2.45, 2.75) is 42.8 Å². The van der Waals surface area contributed by atoms with Crippen LogP contribution >= 0.6 is 11.8 Å². The molecule has 128 valence electrons. The molecular formula is C16H22N6OS. The number of likely N-dealkylation sites (tertiary alicyclic amines) is 1. The number of nitrogens with one attached hydrogen (secondary N) is 1. The first-order chi connectivity index (χ1) is 11.7. The largest absolute Gasteiger partial charge is 0.353 e. The van der Waals surface area contributed by atoms with E-state index in [1.807, 2.05) is 7.05 Å². The van der Waals surface area contributed by atoms with Gasteiger partial charge in [-0.15, -0.1) is 0 Å². The minimum Gasteiger partial charge on any atom is -0.353 e. The zero-order valence-electron chi connectivity index (χ0n) is 13.8. The molecule has 0 spiro atoms. The molecule has 2 fully saturated rings. The summed E-state index contributed by atoms with van der Waals surface area (Å²) >= 11 is 1.45. The molecule has 2 aliphatic rings. The van der Waals surface area contributed by atoms with Crippen molar-refractivity contribution >= 4 is 28.7 Å². The second-order valence-electron chi connectivity index (χ2n) is 6.58. The molecule has 1 saturated heterocycles. The lowest BCUT2D eigenvalue weighted by atomic mass is 10.1. The molecule has 8 heteroatoms. The van der Waals surface area contributed by atoms with Crippen molar-refractivity contribution in [3.63, 3.8) is 0 Å². The van der Waals surface area contributed by atoms with Crippen LogP contribution < -0.4 is 5.32 Å². The van der Waals surface area contributed by atoms with E-state index in [0.717, 1.165) is 48.0 Å². The number of amides is 1. The third kappa shape index (κ3) is 3.39. The van der Waals surface area contributed by atoms with Gasteiger partial charge in [-0.3, -0.25) is 9.48 Å². The van der Waals surface area contributed by atoms with E-state index in [2.05, 4.69) is 25.3 Å². The van der Waals surface area contributed by atoms with E-state index < -0.39 is 0 Å². The lowest BCUT2D eigenvalue weighted by Gasteiger charge is -2.32. The van der Waals surface area contributed by atoms with E-state index >= 15 is 0 Å². The van der Waals surface area contributed by atoms with E-state index in [1.54, 1.807) is 10.9 Å². The molecule has 0 unspecified atom stereocenters. The van der Waals surface area contributed by atoms with Gasteiger partial charge in [-0.25, -0.2) is 9.97 Å². The zero-order chi connectivity index (χ0) is 16.5. The van der Waals surface area contributed by atoms with Crippen molar-refractivity contribution in [1.29, 1.82) is 0 Å². The molecule has 0 bridgehead atoms. The molecule has 7 nitrogen and oxygen atoms in total. The van der Waals surface area contributed by atoms with Crippen molar-refractivity contribution in [3.05, 3.63) is 12.5 Å². The minimum absolute atomic E-state index is 0.0838. The number of hydrogen-bond acceptors (Lipinski definition) is 6. The van der Waals surface area contributed by atoms with Crippen molar-refractivity contribution in [3.8, 4) is 0 Å². The Kier molecular flexibility index (Phi) is 4.41.